The third kappa shape index (κ3) is 2.31. The standard InChI is InChI=1S/C13H14FN3O2/c1-8-15-16-13(19-8)17-7-11(18)6-12(17)9-3-2-4-10(14)5-9/h2-5,11-12,18H,6-7H2,1H3/t11-,12-/m1/s1. The van der Waals surface area contributed by atoms with Gasteiger partial charge in [-0.25, -0.2) is 4.39 Å². The minimum Gasteiger partial charge on any atom is -0.408 e. The lowest BCUT2D eigenvalue weighted by atomic mass is 10.0. The van der Waals surface area contributed by atoms with E-state index < -0.39 is 6.10 Å². The summed E-state index contributed by atoms with van der Waals surface area (Å²) in [6, 6.07) is 6.58. The summed E-state index contributed by atoms with van der Waals surface area (Å²) in [5.41, 5.74) is 0.799. The van der Waals surface area contributed by atoms with Crippen LogP contribution in [0.3, 0.4) is 0 Å². The molecule has 1 aromatic carbocycles. The van der Waals surface area contributed by atoms with Gasteiger partial charge < -0.3 is 14.4 Å². The molecule has 0 bridgehead atoms. The number of hydrogen-bond donors (Lipinski definition) is 1. The number of halogens is 1. The SMILES string of the molecule is Cc1nnc(N2C[C@H](O)C[C@@H]2c2cccc(F)c2)o1. The van der Waals surface area contributed by atoms with Crippen molar-refractivity contribution < 1.29 is 13.9 Å². The number of aliphatic hydroxyl groups excluding tert-OH is 1. The Bertz CT molecular complexity index is 587. The molecule has 0 unspecified atom stereocenters. The molecular formula is C13H14FN3O2. The van der Waals surface area contributed by atoms with Crippen LogP contribution in [0.25, 0.3) is 0 Å². The van der Waals surface area contributed by atoms with Crippen molar-refractivity contribution >= 4 is 6.01 Å². The Hall–Kier alpha value is -1.95. The maximum absolute atomic E-state index is 13.3. The zero-order chi connectivity index (χ0) is 13.4. The number of benzene rings is 1. The molecule has 1 aliphatic rings. The molecule has 2 heterocycles. The lowest BCUT2D eigenvalue weighted by Crippen LogP contribution is -2.24. The van der Waals surface area contributed by atoms with Crippen LogP contribution in [-0.4, -0.2) is 28.0 Å². The largest absolute Gasteiger partial charge is 0.408 e. The molecule has 0 radical (unpaired) electrons. The molecule has 1 saturated heterocycles. The quantitative estimate of drug-likeness (QED) is 0.895. The van der Waals surface area contributed by atoms with E-state index in [1.165, 1.54) is 12.1 Å². The number of aromatic nitrogens is 2. The van der Waals surface area contributed by atoms with Gasteiger partial charge in [0.1, 0.15) is 5.82 Å². The monoisotopic (exact) mass is 263 g/mol. The summed E-state index contributed by atoms with van der Waals surface area (Å²) < 4.78 is 18.7. The minimum atomic E-state index is -0.486. The van der Waals surface area contributed by atoms with Crippen molar-refractivity contribution in [1.82, 2.24) is 10.2 Å². The van der Waals surface area contributed by atoms with Crippen LogP contribution in [0.2, 0.25) is 0 Å². The van der Waals surface area contributed by atoms with E-state index in [4.69, 9.17) is 4.42 Å². The summed E-state index contributed by atoms with van der Waals surface area (Å²) in [5.74, 6) is 0.176. The molecule has 0 amide bonds. The Morgan fingerprint density at radius 2 is 2.26 bits per heavy atom. The predicted molar refractivity (Wildman–Crippen MR) is 66.1 cm³/mol. The van der Waals surface area contributed by atoms with Gasteiger partial charge in [0.25, 0.3) is 0 Å². The Morgan fingerprint density at radius 3 is 2.95 bits per heavy atom. The Morgan fingerprint density at radius 1 is 1.42 bits per heavy atom. The van der Waals surface area contributed by atoms with Crippen molar-refractivity contribution in [2.75, 3.05) is 11.4 Å². The lowest BCUT2D eigenvalue weighted by molar-refractivity contribution is 0.194. The number of anilines is 1. The van der Waals surface area contributed by atoms with Crippen LogP contribution in [0, 0.1) is 12.7 Å². The lowest BCUT2D eigenvalue weighted by Gasteiger charge is -2.22. The first-order valence-corrected chi connectivity index (χ1v) is 6.14. The smallest absolute Gasteiger partial charge is 0.318 e. The van der Waals surface area contributed by atoms with Crippen molar-refractivity contribution in [2.24, 2.45) is 0 Å². The summed E-state index contributed by atoms with van der Waals surface area (Å²) in [6.07, 6.45) is 0.0331. The highest BCUT2D eigenvalue weighted by Gasteiger charge is 2.35. The van der Waals surface area contributed by atoms with E-state index in [1.807, 2.05) is 11.0 Å². The molecule has 0 saturated carbocycles. The number of rotatable bonds is 2. The van der Waals surface area contributed by atoms with Gasteiger partial charge in [-0.15, -0.1) is 5.10 Å². The topological polar surface area (TPSA) is 62.4 Å². The maximum atomic E-state index is 13.3. The summed E-state index contributed by atoms with van der Waals surface area (Å²) in [5, 5.41) is 17.6. The Balaban J connectivity index is 1.94. The van der Waals surface area contributed by atoms with E-state index in [0.29, 0.717) is 24.9 Å². The Labute approximate surface area is 109 Å². The predicted octanol–water partition coefficient (Wildman–Crippen LogP) is 1.83. The second-order valence-corrected chi connectivity index (χ2v) is 4.72. The minimum absolute atomic E-state index is 0.148. The second-order valence-electron chi connectivity index (χ2n) is 4.72. The van der Waals surface area contributed by atoms with Crippen LogP contribution in [0.15, 0.2) is 28.7 Å². The van der Waals surface area contributed by atoms with Crippen molar-refractivity contribution in [3.8, 4) is 0 Å². The van der Waals surface area contributed by atoms with Gasteiger partial charge in [-0.05, 0) is 24.1 Å². The molecule has 0 spiro atoms. The van der Waals surface area contributed by atoms with Crippen molar-refractivity contribution in [1.29, 1.82) is 0 Å². The molecule has 0 aliphatic carbocycles. The number of aliphatic hydroxyl groups is 1. The van der Waals surface area contributed by atoms with E-state index in [0.717, 1.165) is 5.56 Å². The molecule has 19 heavy (non-hydrogen) atoms. The Kier molecular flexibility index (Phi) is 2.94. The molecule has 6 heteroatoms. The average Bonchev–Trinajstić information content (AvgIpc) is 2.95. The molecule has 2 atom stereocenters. The summed E-state index contributed by atoms with van der Waals surface area (Å²) in [4.78, 5) is 1.82. The highest BCUT2D eigenvalue weighted by Crippen LogP contribution is 2.35. The molecular weight excluding hydrogens is 249 g/mol. The fraction of sp³-hybridized carbons (Fsp3) is 0.385. The van der Waals surface area contributed by atoms with E-state index in [1.54, 1.807) is 13.0 Å². The maximum Gasteiger partial charge on any atom is 0.318 e. The van der Waals surface area contributed by atoms with Crippen LogP contribution in [0.1, 0.15) is 23.9 Å². The van der Waals surface area contributed by atoms with Gasteiger partial charge in [0.05, 0.1) is 12.1 Å². The first-order chi connectivity index (χ1) is 9.13. The average molecular weight is 263 g/mol. The van der Waals surface area contributed by atoms with Gasteiger partial charge in [0, 0.05) is 13.5 Å². The second kappa shape index (κ2) is 4.62. The molecule has 1 fully saturated rings. The highest BCUT2D eigenvalue weighted by atomic mass is 19.1. The van der Waals surface area contributed by atoms with E-state index in [9.17, 15) is 9.50 Å². The molecule has 100 valence electrons. The first-order valence-electron chi connectivity index (χ1n) is 6.14. The zero-order valence-corrected chi connectivity index (χ0v) is 10.5. The third-order valence-corrected chi connectivity index (χ3v) is 3.27. The van der Waals surface area contributed by atoms with Gasteiger partial charge in [-0.1, -0.05) is 17.2 Å². The summed E-state index contributed by atoms with van der Waals surface area (Å²) >= 11 is 0. The van der Waals surface area contributed by atoms with Gasteiger partial charge in [-0.3, -0.25) is 0 Å². The van der Waals surface area contributed by atoms with Gasteiger partial charge in [0.15, 0.2) is 0 Å². The molecule has 3 rings (SSSR count). The fourth-order valence-electron chi connectivity index (χ4n) is 2.46. The van der Waals surface area contributed by atoms with Crippen LogP contribution in [0.4, 0.5) is 10.4 Å². The zero-order valence-electron chi connectivity index (χ0n) is 10.5. The van der Waals surface area contributed by atoms with Crippen molar-refractivity contribution in [2.45, 2.75) is 25.5 Å². The van der Waals surface area contributed by atoms with Gasteiger partial charge in [0.2, 0.25) is 5.89 Å². The molecule has 1 aliphatic heterocycles. The van der Waals surface area contributed by atoms with Crippen LogP contribution in [0.5, 0.6) is 0 Å². The van der Waals surface area contributed by atoms with Crippen molar-refractivity contribution in [3.05, 3.63) is 41.5 Å². The summed E-state index contributed by atoms with van der Waals surface area (Å²) in [7, 11) is 0. The number of hydrogen-bond acceptors (Lipinski definition) is 5. The van der Waals surface area contributed by atoms with Crippen LogP contribution >= 0.6 is 0 Å². The van der Waals surface area contributed by atoms with Gasteiger partial charge >= 0.3 is 6.01 Å². The molecule has 2 aromatic rings. The fourth-order valence-corrected chi connectivity index (χ4v) is 2.46. The molecule has 1 aromatic heterocycles. The number of nitrogens with zero attached hydrogens (tertiary/aromatic N) is 3. The van der Waals surface area contributed by atoms with Gasteiger partial charge in [-0.2, -0.15) is 0 Å². The normalized spacial score (nSPS) is 23.0. The van der Waals surface area contributed by atoms with E-state index in [-0.39, 0.29) is 11.9 Å². The van der Waals surface area contributed by atoms with Crippen LogP contribution < -0.4 is 4.90 Å². The number of β-amino-alcohol motifs (C(OH)–C–C–N with tert-alkyl or cyclic N) is 1. The van der Waals surface area contributed by atoms with E-state index in [2.05, 4.69) is 10.2 Å². The van der Waals surface area contributed by atoms with Crippen LogP contribution in [-0.2, 0) is 0 Å². The highest BCUT2D eigenvalue weighted by molar-refractivity contribution is 5.36. The molecule has 5 nitrogen and oxygen atoms in total. The number of aryl methyl sites for hydroxylation is 1. The summed E-state index contributed by atoms with van der Waals surface area (Å²) in [6.45, 7) is 2.11. The molecule has 1 N–H and O–H groups in total. The third-order valence-electron chi connectivity index (χ3n) is 3.27. The van der Waals surface area contributed by atoms with E-state index >= 15 is 0 Å². The first kappa shape index (κ1) is 12.1. The van der Waals surface area contributed by atoms with Crippen molar-refractivity contribution in [3.63, 3.8) is 0 Å².